The Balaban J connectivity index is 2.22. The fraction of sp³-hybridized carbons (Fsp3) is 0.0833. The molecule has 0 amide bonds. The van der Waals surface area contributed by atoms with E-state index in [1.54, 1.807) is 12.4 Å². The summed E-state index contributed by atoms with van der Waals surface area (Å²) in [6.45, 7) is 1.93. The van der Waals surface area contributed by atoms with Crippen LogP contribution in [-0.2, 0) is 0 Å². The van der Waals surface area contributed by atoms with Crippen LogP contribution >= 0.6 is 15.9 Å². The summed E-state index contributed by atoms with van der Waals surface area (Å²) >= 11 is 3.44. The fourth-order valence-electron chi connectivity index (χ4n) is 1.74. The van der Waals surface area contributed by atoms with Gasteiger partial charge in [-0.05, 0) is 35.0 Å². The molecule has 0 saturated heterocycles. The van der Waals surface area contributed by atoms with Crippen LogP contribution in [0.5, 0.6) is 0 Å². The average Bonchev–Trinajstić information content (AvgIpc) is 2.72. The molecule has 3 rings (SSSR count). The minimum Gasteiger partial charge on any atom is -0.305 e. The van der Waals surface area contributed by atoms with Crippen LogP contribution in [0.15, 0.2) is 41.4 Å². The fourth-order valence-corrected chi connectivity index (χ4v) is 2.09. The molecule has 5 heteroatoms. The van der Waals surface area contributed by atoms with Gasteiger partial charge in [0.1, 0.15) is 17.0 Å². The van der Waals surface area contributed by atoms with E-state index in [4.69, 9.17) is 0 Å². The van der Waals surface area contributed by atoms with Gasteiger partial charge in [0.15, 0.2) is 0 Å². The number of fused-ring (bicyclic) bond motifs is 1. The van der Waals surface area contributed by atoms with Gasteiger partial charge in [-0.1, -0.05) is 0 Å². The highest BCUT2D eigenvalue weighted by Gasteiger charge is 2.08. The van der Waals surface area contributed by atoms with Crippen molar-refractivity contribution in [3.8, 4) is 11.4 Å². The van der Waals surface area contributed by atoms with E-state index in [9.17, 15) is 0 Å². The first-order chi connectivity index (χ1) is 8.24. The number of pyridine rings is 1. The molecule has 3 aromatic heterocycles. The number of rotatable bonds is 1. The maximum Gasteiger partial charge on any atom is 0.137 e. The Hall–Kier alpha value is -1.75. The van der Waals surface area contributed by atoms with Gasteiger partial charge in [-0.2, -0.15) is 0 Å². The first-order valence-corrected chi connectivity index (χ1v) is 5.95. The molecule has 0 spiro atoms. The zero-order valence-electron chi connectivity index (χ0n) is 9.13. The maximum absolute atomic E-state index is 4.52. The summed E-state index contributed by atoms with van der Waals surface area (Å²) in [5.74, 6) is 0. The Labute approximate surface area is 106 Å². The van der Waals surface area contributed by atoms with E-state index in [1.807, 2.05) is 35.9 Å². The smallest absolute Gasteiger partial charge is 0.137 e. The number of aromatic nitrogens is 4. The van der Waals surface area contributed by atoms with E-state index in [0.29, 0.717) is 0 Å². The maximum atomic E-state index is 4.52. The van der Waals surface area contributed by atoms with Gasteiger partial charge in [-0.15, -0.1) is 0 Å². The lowest BCUT2D eigenvalue weighted by molar-refractivity contribution is 1.11. The first kappa shape index (κ1) is 10.4. The van der Waals surface area contributed by atoms with E-state index in [0.717, 1.165) is 27.2 Å². The lowest BCUT2D eigenvalue weighted by atomic mass is 10.2. The van der Waals surface area contributed by atoms with Gasteiger partial charge in [-0.25, -0.2) is 4.98 Å². The van der Waals surface area contributed by atoms with Crippen LogP contribution < -0.4 is 0 Å². The molecule has 0 atom stereocenters. The summed E-state index contributed by atoms with van der Waals surface area (Å²) in [6, 6.07) is 3.93. The van der Waals surface area contributed by atoms with Gasteiger partial charge in [0, 0.05) is 29.3 Å². The van der Waals surface area contributed by atoms with E-state index < -0.39 is 0 Å². The van der Waals surface area contributed by atoms with Crippen LogP contribution in [0.3, 0.4) is 0 Å². The second-order valence-corrected chi connectivity index (χ2v) is 4.64. The number of hydrogen-bond donors (Lipinski definition) is 0. The zero-order valence-corrected chi connectivity index (χ0v) is 10.7. The summed E-state index contributed by atoms with van der Waals surface area (Å²) in [5, 5.41) is 0. The number of hydrogen-bond acceptors (Lipinski definition) is 3. The van der Waals surface area contributed by atoms with E-state index in [-0.39, 0.29) is 0 Å². The largest absolute Gasteiger partial charge is 0.305 e. The number of aryl methyl sites for hydroxylation is 1. The predicted molar refractivity (Wildman–Crippen MR) is 68.7 cm³/mol. The summed E-state index contributed by atoms with van der Waals surface area (Å²) in [6.07, 6.45) is 7.29. The molecular formula is C12H9BrN4. The van der Waals surface area contributed by atoms with Crippen LogP contribution in [0.4, 0.5) is 0 Å². The summed E-state index contributed by atoms with van der Waals surface area (Å²) in [4.78, 5) is 13.1. The molecule has 0 unspecified atom stereocenters. The SMILES string of the molecule is Cc1nccnc1-c1cn2cc(Br)ccc2n1. The minimum absolute atomic E-state index is 0.826. The van der Waals surface area contributed by atoms with Crippen LogP contribution in [0, 0.1) is 6.92 Å². The zero-order chi connectivity index (χ0) is 11.8. The van der Waals surface area contributed by atoms with Crippen molar-refractivity contribution >= 4 is 21.6 Å². The Kier molecular flexibility index (Phi) is 2.40. The lowest BCUT2D eigenvalue weighted by Crippen LogP contribution is -1.90. The van der Waals surface area contributed by atoms with Gasteiger partial charge >= 0.3 is 0 Å². The topological polar surface area (TPSA) is 43.1 Å². The van der Waals surface area contributed by atoms with E-state index in [1.165, 1.54) is 0 Å². The van der Waals surface area contributed by atoms with Crippen molar-refractivity contribution in [3.05, 3.63) is 47.1 Å². The Morgan fingerprint density at radius 1 is 1.12 bits per heavy atom. The van der Waals surface area contributed by atoms with Crippen molar-refractivity contribution in [3.63, 3.8) is 0 Å². The summed E-state index contributed by atoms with van der Waals surface area (Å²) < 4.78 is 2.98. The molecule has 0 aliphatic heterocycles. The second-order valence-electron chi connectivity index (χ2n) is 3.73. The highest BCUT2D eigenvalue weighted by molar-refractivity contribution is 9.10. The molecule has 0 aliphatic carbocycles. The number of halogens is 1. The second kappa shape index (κ2) is 3.92. The van der Waals surface area contributed by atoms with Gasteiger partial charge < -0.3 is 4.40 Å². The number of nitrogens with zero attached hydrogens (tertiary/aromatic N) is 4. The summed E-state index contributed by atoms with van der Waals surface area (Å²) in [5.41, 5.74) is 3.45. The lowest BCUT2D eigenvalue weighted by Gasteiger charge is -1.97. The Bertz CT molecular complexity index is 690. The Morgan fingerprint density at radius 2 is 1.94 bits per heavy atom. The van der Waals surface area contributed by atoms with E-state index >= 15 is 0 Å². The van der Waals surface area contributed by atoms with Crippen LogP contribution in [0.1, 0.15) is 5.69 Å². The molecule has 4 nitrogen and oxygen atoms in total. The third-order valence-electron chi connectivity index (χ3n) is 2.54. The molecule has 0 N–H and O–H groups in total. The molecule has 0 aromatic carbocycles. The molecule has 3 heterocycles. The van der Waals surface area contributed by atoms with Crippen LogP contribution in [0.2, 0.25) is 0 Å². The number of imidazole rings is 1. The third-order valence-corrected chi connectivity index (χ3v) is 3.01. The van der Waals surface area contributed by atoms with Crippen molar-refractivity contribution in [1.29, 1.82) is 0 Å². The van der Waals surface area contributed by atoms with Crippen molar-refractivity contribution in [2.75, 3.05) is 0 Å². The standard InChI is InChI=1S/C12H9BrN4/c1-8-12(15-5-4-14-8)10-7-17-6-9(13)2-3-11(17)16-10/h2-7H,1H3. The molecule has 0 bridgehead atoms. The van der Waals surface area contributed by atoms with Gasteiger partial charge in [0.2, 0.25) is 0 Å². The minimum atomic E-state index is 0.826. The Morgan fingerprint density at radius 3 is 2.76 bits per heavy atom. The molecule has 84 valence electrons. The van der Waals surface area contributed by atoms with Crippen LogP contribution in [-0.4, -0.2) is 19.4 Å². The van der Waals surface area contributed by atoms with E-state index in [2.05, 4.69) is 30.9 Å². The van der Waals surface area contributed by atoms with Crippen molar-refractivity contribution < 1.29 is 0 Å². The van der Waals surface area contributed by atoms with Crippen LogP contribution in [0.25, 0.3) is 17.0 Å². The highest BCUT2D eigenvalue weighted by atomic mass is 79.9. The molecule has 0 aliphatic rings. The predicted octanol–water partition coefficient (Wildman–Crippen LogP) is 2.86. The monoisotopic (exact) mass is 288 g/mol. The molecular weight excluding hydrogens is 280 g/mol. The third kappa shape index (κ3) is 1.82. The average molecular weight is 289 g/mol. The highest BCUT2D eigenvalue weighted by Crippen LogP contribution is 2.20. The molecule has 17 heavy (non-hydrogen) atoms. The summed E-state index contributed by atoms with van der Waals surface area (Å²) in [7, 11) is 0. The van der Waals surface area contributed by atoms with Crippen molar-refractivity contribution in [1.82, 2.24) is 19.4 Å². The van der Waals surface area contributed by atoms with Gasteiger partial charge in [0.25, 0.3) is 0 Å². The quantitative estimate of drug-likeness (QED) is 0.692. The molecule has 0 fully saturated rings. The molecule has 0 saturated carbocycles. The van der Waals surface area contributed by atoms with Crippen molar-refractivity contribution in [2.45, 2.75) is 6.92 Å². The first-order valence-electron chi connectivity index (χ1n) is 5.16. The normalized spacial score (nSPS) is 10.9. The van der Waals surface area contributed by atoms with Gasteiger partial charge in [0.05, 0.1) is 5.69 Å². The van der Waals surface area contributed by atoms with Crippen molar-refractivity contribution in [2.24, 2.45) is 0 Å². The van der Waals surface area contributed by atoms with Gasteiger partial charge in [-0.3, -0.25) is 9.97 Å². The molecule has 3 aromatic rings. The molecule has 0 radical (unpaired) electrons.